The molecule has 0 fully saturated rings. The highest BCUT2D eigenvalue weighted by molar-refractivity contribution is 6.00. The van der Waals surface area contributed by atoms with Crippen LogP contribution in [0.15, 0.2) is 42.5 Å². The van der Waals surface area contributed by atoms with Crippen molar-refractivity contribution in [1.82, 2.24) is 10.2 Å². The Morgan fingerprint density at radius 3 is 2.40 bits per heavy atom. The predicted octanol–water partition coefficient (Wildman–Crippen LogP) is 3.62. The number of halogens is 2. The van der Waals surface area contributed by atoms with Gasteiger partial charge in [-0.15, -0.1) is 10.2 Å². The minimum atomic E-state index is -0.913. The molecule has 0 saturated carbocycles. The van der Waals surface area contributed by atoms with E-state index in [9.17, 15) is 8.78 Å². The molecule has 5 heteroatoms. The fourth-order valence-corrected chi connectivity index (χ4v) is 2.17. The Labute approximate surface area is 114 Å². The predicted molar refractivity (Wildman–Crippen MR) is 74.4 cm³/mol. The van der Waals surface area contributed by atoms with Gasteiger partial charge in [0.2, 0.25) is 0 Å². The van der Waals surface area contributed by atoms with Crippen LogP contribution in [0.3, 0.4) is 0 Å². The maximum absolute atomic E-state index is 13.9. The molecule has 100 valence electrons. The first kappa shape index (κ1) is 12.5. The highest BCUT2D eigenvalue weighted by Gasteiger charge is 2.15. The van der Waals surface area contributed by atoms with Gasteiger partial charge >= 0.3 is 0 Å². The highest BCUT2D eigenvalue weighted by atomic mass is 19.2. The van der Waals surface area contributed by atoms with Crippen molar-refractivity contribution >= 4 is 16.6 Å². The summed E-state index contributed by atoms with van der Waals surface area (Å²) in [4.78, 5) is 0. The van der Waals surface area contributed by atoms with E-state index in [0.29, 0.717) is 11.5 Å². The van der Waals surface area contributed by atoms with Gasteiger partial charge in [-0.3, -0.25) is 0 Å². The van der Waals surface area contributed by atoms with E-state index >= 15 is 0 Å². The number of fused-ring (bicyclic) bond motifs is 1. The van der Waals surface area contributed by atoms with Crippen LogP contribution >= 0.6 is 0 Å². The SMILES string of the molecule is CNc1nnc(-c2cccc(F)c2F)c2ccccc12. The van der Waals surface area contributed by atoms with E-state index in [1.807, 2.05) is 24.3 Å². The van der Waals surface area contributed by atoms with Gasteiger partial charge in [-0.05, 0) is 12.1 Å². The number of nitrogens with one attached hydrogen (secondary N) is 1. The van der Waals surface area contributed by atoms with Gasteiger partial charge in [0.05, 0.1) is 0 Å². The molecular formula is C15H11F2N3. The van der Waals surface area contributed by atoms with Crippen molar-refractivity contribution in [3.05, 3.63) is 54.1 Å². The van der Waals surface area contributed by atoms with Gasteiger partial charge in [-0.25, -0.2) is 8.78 Å². The molecule has 0 amide bonds. The lowest BCUT2D eigenvalue weighted by Crippen LogP contribution is -2.00. The van der Waals surface area contributed by atoms with E-state index < -0.39 is 11.6 Å². The molecule has 0 aliphatic carbocycles. The van der Waals surface area contributed by atoms with E-state index in [1.165, 1.54) is 12.1 Å². The zero-order valence-electron chi connectivity index (χ0n) is 10.7. The maximum atomic E-state index is 13.9. The molecule has 3 rings (SSSR count). The smallest absolute Gasteiger partial charge is 0.168 e. The van der Waals surface area contributed by atoms with Crippen molar-refractivity contribution < 1.29 is 8.78 Å². The lowest BCUT2D eigenvalue weighted by atomic mass is 10.0. The van der Waals surface area contributed by atoms with Crippen molar-refractivity contribution in [3.8, 4) is 11.3 Å². The number of anilines is 1. The van der Waals surface area contributed by atoms with Crippen molar-refractivity contribution in [2.75, 3.05) is 12.4 Å². The summed E-state index contributed by atoms with van der Waals surface area (Å²) in [5.41, 5.74) is 0.438. The highest BCUT2D eigenvalue weighted by Crippen LogP contribution is 2.31. The van der Waals surface area contributed by atoms with Crippen LogP contribution in [0.25, 0.3) is 22.0 Å². The quantitative estimate of drug-likeness (QED) is 0.773. The first-order valence-electron chi connectivity index (χ1n) is 6.10. The third-order valence-corrected chi connectivity index (χ3v) is 3.13. The van der Waals surface area contributed by atoms with Gasteiger partial charge in [-0.2, -0.15) is 0 Å². The average molecular weight is 271 g/mol. The number of rotatable bonds is 2. The van der Waals surface area contributed by atoms with Gasteiger partial charge in [0.25, 0.3) is 0 Å². The lowest BCUT2D eigenvalue weighted by molar-refractivity contribution is 0.511. The summed E-state index contributed by atoms with van der Waals surface area (Å²) in [6.45, 7) is 0. The third kappa shape index (κ3) is 1.87. The molecule has 0 bridgehead atoms. The van der Waals surface area contributed by atoms with Crippen molar-refractivity contribution in [3.63, 3.8) is 0 Å². The minimum Gasteiger partial charge on any atom is -0.371 e. The molecule has 1 heterocycles. The van der Waals surface area contributed by atoms with E-state index in [0.717, 1.165) is 16.8 Å². The zero-order valence-corrected chi connectivity index (χ0v) is 10.7. The number of hydrogen-bond acceptors (Lipinski definition) is 3. The Hall–Kier alpha value is -2.56. The van der Waals surface area contributed by atoms with Crippen LogP contribution < -0.4 is 5.32 Å². The molecule has 2 aromatic carbocycles. The van der Waals surface area contributed by atoms with Gasteiger partial charge in [-0.1, -0.05) is 30.3 Å². The van der Waals surface area contributed by atoms with Crippen LogP contribution in [0.1, 0.15) is 0 Å². The summed E-state index contributed by atoms with van der Waals surface area (Å²) >= 11 is 0. The molecule has 1 aromatic heterocycles. The average Bonchev–Trinajstić information content (AvgIpc) is 2.49. The second-order valence-electron chi connectivity index (χ2n) is 4.29. The summed E-state index contributed by atoms with van der Waals surface area (Å²) in [7, 11) is 1.74. The molecule has 3 aromatic rings. The Morgan fingerprint density at radius 1 is 0.900 bits per heavy atom. The second-order valence-corrected chi connectivity index (χ2v) is 4.29. The van der Waals surface area contributed by atoms with Gasteiger partial charge in [0.1, 0.15) is 5.69 Å². The molecular weight excluding hydrogens is 260 g/mol. The second kappa shape index (κ2) is 4.85. The van der Waals surface area contributed by atoms with Gasteiger partial charge < -0.3 is 5.32 Å². The molecule has 0 saturated heterocycles. The molecule has 1 N–H and O–H groups in total. The summed E-state index contributed by atoms with van der Waals surface area (Å²) in [5, 5.41) is 12.5. The van der Waals surface area contributed by atoms with E-state index in [1.54, 1.807) is 7.05 Å². The van der Waals surface area contributed by atoms with Crippen molar-refractivity contribution in [1.29, 1.82) is 0 Å². The van der Waals surface area contributed by atoms with Gasteiger partial charge in [0, 0.05) is 23.4 Å². The molecule has 0 radical (unpaired) electrons. The van der Waals surface area contributed by atoms with Crippen LogP contribution in [0.5, 0.6) is 0 Å². The Bertz CT molecular complexity index is 787. The fourth-order valence-electron chi connectivity index (χ4n) is 2.17. The zero-order chi connectivity index (χ0) is 14.1. The third-order valence-electron chi connectivity index (χ3n) is 3.13. The van der Waals surface area contributed by atoms with E-state index in [-0.39, 0.29) is 5.56 Å². The molecule has 20 heavy (non-hydrogen) atoms. The van der Waals surface area contributed by atoms with E-state index in [4.69, 9.17) is 0 Å². The van der Waals surface area contributed by atoms with Crippen LogP contribution in [0.2, 0.25) is 0 Å². The van der Waals surface area contributed by atoms with Crippen LogP contribution in [-0.4, -0.2) is 17.2 Å². The molecule has 3 nitrogen and oxygen atoms in total. The lowest BCUT2D eigenvalue weighted by Gasteiger charge is -2.09. The Kier molecular flexibility index (Phi) is 3.02. The molecule has 0 atom stereocenters. The van der Waals surface area contributed by atoms with Crippen LogP contribution in [0.4, 0.5) is 14.6 Å². The maximum Gasteiger partial charge on any atom is 0.168 e. The normalized spacial score (nSPS) is 10.8. The molecule has 0 unspecified atom stereocenters. The summed E-state index contributed by atoms with van der Waals surface area (Å²) in [6, 6.07) is 11.4. The summed E-state index contributed by atoms with van der Waals surface area (Å²) < 4.78 is 27.3. The topological polar surface area (TPSA) is 37.8 Å². The van der Waals surface area contributed by atoms with Crippen molar-refractivity contribution in [2.45, 2.75) is 0 Å². The van der Waals surface area contributed by atoms with Gasteiger partial charge in [0.15, 0.2) is 17.5 Å². The van der Waals surface area contributed by atoms with Crippen LogP contribution in [0, 0.1) is 11.6 Å². The first-order valence-corrected chi connectivity index (χ1v) is 6.10. The molecule has 0 spiro atoms. The van der Waals surface area contributed by atoms with E-state index in [2.05, 4.69) is 15.5 Å². The molecule has 0 aliphatic heterocycles. The first-order chi connectivity index (χ1) is 9.72. The number of hydrogen-bond donors (Lipinski definition) is 1. The number of nitrogens with zero attached hydrogens (tertiary/aromatic N) is 2. The monoisotopic (exact) mass is 271 g/mol. The van der Waals surface area contributed by atoms with Crippen LogP contribution in [-0.2, 0) is 0 Å². The fraction of sp³-hybridized carbons (Fsp3) is 0.0667. The minimum absolute atomic E-state index is 0.108. The standard InChI is InChI=1S/C15H11F2N3/c1-18-15-10-6-3-2-5-9(10)14(19-20-15)11-7-4-8-12(16)13(11)17/h2-8H,1H3,(H,18,20). The Balaban J connectivity index is 2.35. The summed E-state index contributed by atoms with van der Waals surface area (Å²) in [6.07, 6.45) is 0. The number of benzene rings is 2. The summed E-state index contributed by atoms with van der Waals surface area (Å²) in [5.74, 6) is -1.21. The largest absolute Gasteiger partial charge is 0.371 e. The molecule has 0 aliphatic rings. The van der Waals surface area contributed by atoms with Crippen molar-refractivity contribution in [2.24, 2.45) is 0 Å². The Morgan fingerprint density at radius 2 is 1.65 bits per heavy atom. The number of aromatic nitrogens is 2.